The van der Waals surface area contributed by atoms with Crippen LogP contribution in [0.1, 0.15) is 17.2 Å². The number of amides is 2. The van der Waals surface area contributed by atoms with Crippen LogP contribution in [-0.4, -0.2) is 51.1 Å². The number of carbonyl (C=O) groups excluding carboxylic acids is 1. The van der Waals surface area contributed by atoms with Crippen LogP contribution in [-0.2, 0) is 0 Å². The van der Waals surface area contributed by atoms with Gasteiger partial charge in [-0.2, -0.15) is 11.8 Å². The maximum atomic E-state index is 12.8. The third kappa shape index (κ3) is 4.65. The van der Waals surface area contributed by atoms with Crippen LogP contribution in [0.2, 0.25) is 0 Å². The monoisotopic (exact) mass is 402 g/mol. The van der Waals surface area contributed by atoms with Crippen LogP contribution in [0.3, 0.4) is 0 Å². The number of benzene rings is 2. The molecule has 0 bridgehead atoms. The molecule has 2 aromatic carbocycles. The zero-order valence-corrected chi connectivity index (χ0v) is 17.3. The highest BCUT2D eigenvalue weighted by atomic mass is 32.2. The maximum Gasteiger partial charge on any atom is 0.321 e. The normalized spacial score (nSPS) is 16.8. The number of carbonyl (C=O) groups is 1. The number of thioether (sulfide) groups is 1. The van der Waals surface area contributed by atoms with Crippen molar-refractivity contribution in [3.05, 3.63) is 48.0 Å². The van der Waals surface area contributed by atoms with Crippen LogP contribution in [0.25, 0.3) is 0 Å². The molecule has 0 radical (unpaired) electrons. The molecule has 1 aliphatic rings. The average Bonchev–Trinajstić information content (AvgIpc) is 3.00. The van der Waals surface area contributed by atoms with E-state index in [-0.39, 0.29) is 6.03 Å². The van der Waals surface area contributed by atoms with E-state index in [1.54, 1.807) is 33.5 Å². The first-order chi connectivity index (χ1) is 13.7. The third-order valence-corrected chi connectivity index (χ3v) is 6.04. The molecule has 1 fully saturated rings. The van der Waals surface area contributed by atoms with Crippen LogP contribution >= 0.6 is 11.8 Å². The molecule has 28 heavy (non-hydrogen) atoms. The number of rotatable bonds is 5. The molecule has 0 spiro atoms. The van der Waals surface area contributed by atoms with Crippen molar-refractivity contribution in [1.82, 2.24) is 4.90 Å². The lowest BCUT2D eigenvalue weighted by Gasteiger charge is -2.22. The highest BCUT2D eigenvalue weighted by molar-refractivity contribution is 7.99. The zero-order valence-electron chi connectivity index (χ0n) is 16.4. The summed E-state index contributed by atoms with van der Waals surface area (Å²) in [6.45, 7) is 1.42. The van der Waals surface area contributed by atoms with Gasteiger partial charge in [-0.3, -0.25) is 0 Å². The van der Waals surface area contributed by atoms with E-state index in [0.717, 1.165) is 12.2 Å². The van der Waals surface area contributed by atoms with Gasteiger partial charge in [0.25, 0.3) is 0 Å². The summed E-state index contributed by atoms with van der Waals surface area (Å²) >= 11 is 1.90. The number of methoxy groups -OCH3 is 3. The van der Waals surface area contributed by atoms with Crippen LogP contribution in [0.5, 0.6) is 17.2 Å². The number of urea groups is 1. The second kappa shape index (κ2) is 9.59. The molecule has 150 valence electrons. The molecule has 0 saturated carbocycles. The number of hydrogen-bond donors (Lipinski definition) is 1. The van der Waals surface area contributed by atoms with Gasteiger partial charge in [0.05, 0.1) is 27.0 Å². The number of hydrogen-bond acceptors (Lipinski definition) is 5. The first kappa shape index (κ1) is 20.2. The number of ether oxygens (including phenoxy) is 3. The minimum Gasteiger partial charge on any atom is -0.493 e. The van der Waals surface area contributed by atoms with Crippen molar-refractivity contribution in [1.29, 1.82) is 0 Å². The molecule has 2 aromatic rings. The van der Waals surface area contributed by atoms with E-state index in [9.17, 15) is 4.79 Å². The molecule has 2 amide bonds. The molecule has 1 unspecified atom stereocenters. The van der Waals surface area contributed by atoms with Gasteiger partial charge in [-0.25, -0.2) is 4.79 Å². The molecule has 7 heteroatoms. The Morgan fingerprint density at radius 3 is 2.32 bits per heavy atom. The van der Waals surface area contributed by atoms with E-state index in [1.807, 2.05) is 22.7 Å². The van der Waals surface area contributed by atoms with Crippen molar-refractivity contribution in [2.24, 2.45) is 0 Å². The van der Waals surface area contributed by atoms with Gasteiger partial charge in [0.15, 0.2) is 11.5 Å². The third-order valence-electron chi connectivity index (χ3n) is 4.72. The Bertz CT molecular complexity index is 775. The largest absolute Gasteiger partial charge is 0.493 e. The van der Waals surface area contributed by atoms with Crippen molar-refractivity contribution < 1.29 is 19.0 Å². The van der Waals surface area contributed by atoms with Crippen molar-refractivity contribution in [2.45, 2.75) is 11.7 Å². The first-order valence-corrected chi connectivity index (χ1v) is 10.2. The second-order valence-electron chi connectivity index (χ2n) is 6.39. The Morgan fingerprint density at radius 1 is 1.04 bits per heavy atom. The van der Waals surface area contributed by atoms with Gasteiger partial charge in [-0.15, -0.1) is 0 Å². The first-order valence-electron chi connectivity index (χ1n) is 9.18. The van der Waals surface area contributed by atoms with E-state index in [0.29, 0.717) is 41.3 Å². The van der Waals surface area contributed by atoms with E-state index in [1.165, 1.54) is 5.56 Å². The SMILES string of the molecule is COc1cc(NC(=O)N2CCSC(c3ccccc3)CC2)cc(OC)c1OC. The van der Waals surface area contributed by atoms with Crippen LogP contribution in [0, 0.1) is 0 Å². The molecule has 1 N–H and O–H groups in total. The highest BCUT2D eigenvalue weighted by Gasteiger charge is 2.23. The minimum atomic E-state index is -0.122. The highest BCUT2D eigenvalue weighted by Crippen LogP contribution is 2.40. The fraction of sp³-hybridized carbons (Fsp3) is 0.381. The Balaban J connectivity index is 1.68. The predicted molar refractivity (Wildman–Crippen MR) is 113 cm³/mol. The zero-order chi connectivity index (χ0) is 19.9. The lowest BCUT2D eigenvalue weighted by molar-refractivity contribution is 0.215. The quantitative estimate of drug-likeness (QED) is 0.802. The lowest BCUT2D eigenvalue weighted by Crippen LogP contribution is -2.36. The van der Waals surface area contributed by atoms with Crippen molar-refractivity contribution >= 4 is 23.5 Å². The van der Waals surface area contributed by atoms with Crippen molar-refractivity contribution in [3.8, 4) is 17.2 Å². The summed E-state index contributed by atoms with van der Waals surface area (Å²) in [4.78, 5) is 14.7. The fourth-order valence-electron chi connectivity index (χ4n) is 3.26. The maximum absolute atomic E-state index is 12.8. The molecule has 0 aromatic heterocycles. The molecule has 6 nitrogen and oxygen atoms in total. The molecule has 1 saturated heterocycles. The van der Waals surface area contributed by atoms with E-state index >= 15 is 0 Å². The van der Waals surface area contributed by atoms with E-state index < -0.39 is 0 Å². The lowest BCUT2D eigenvalue weighted by atomic mass is 10.1. The Morgan fingerprint density at radius 2 is 1.71 bits per heavy atom. The minimum absolute atomic E-state index is 0.122. The van der Waals surface area contributed by atoms with Crippen molar-refractivity contribution in [3.63, 3.8) is 0 Å². The average molecular weight is 403 g/mol. The summed E-state index contributed by atoms with van der Waals surface area (Å²) in [6.07, 6.45) is 0.928. The smallest absolute Gasteiger partial charge is 0.321 e. The van der Waals surface area contributed by atoms with Gasteiger partial charge in [0.1, 0.15) is 0 Å². The summed E-state index contributed by atoms with van der Waals surface area (Å²) in [6, 6.07) is 13.8. The molecular weight excluding hydrogens is 376 g/mol. The Hall–Kier alpha value is -2.54. The summed E-state index contributed by atoms with van der Waals surface area (Å²) < 4.78 is 16.0. The molecule has 1 aliphatic heterocycles. The molecule has 1 atom stereocenters. The van der Waals surface area contributed by atoms with E-state index in [4.69, 9.17) is 14.2 Å². The standard InChI is InChI=1S/C21H26N2O4S/c1-25-17-13-16(14-18(26-2)20(17)27-3)22-21(24)23-10-9-19(28-12-11-23)15-7-5-4-6-8-15/h4-8,13-14,19H,9-12H2,1-3H3,(H,22,24). The predicted octanol–water partition coefficient (Wildman–Crippen LogP) is 4.42. The fourth-order valence-corrected chi connectivity index (χ4v) is 4.49. The Labute approximate surface area is 170 Å². The molecule has 1 heterocycles. The molecule has 0 aliphatic carbocycles. The molecule has 3 rings (SSSR count). The van der Waals surface area contributed by atoms with Gasteiger partial charge in [-0.1, -0.05) is 30.3 Å². The van der Waals surface area contributed by atoms with Gasteiger partial charge in [0.2, 0.25) is 5.75 Å². The number of nitrogens with one attached hydrogen (secondary N) is 1. The van der Waals surface area contributed by atoms with Crippen LogP contribution in [0.15, 0.2) is 42.5 Å². The van der Waals surface area contributed by atoms with Crippen LogP contribution < -0.4 is 19.5 Å². The van der Waals surface area contributed by atoms with Gasteiger partial charge < -0.3 is 24.4 Å². The molecular formula is C21H26N2O4S. The van der Waals surface area contributed by atoms with Gasteiger partial charge in [0, 0.05) is 36.2 Å². The van der Waals surface area contributed by atoms with Gasteiger partial charge >= 0.3 is 6.03 Å². The number of nitrogens with zero attached hydrogens (tertiary/aromatic N) is 1. The van der Waals surface area contributed by atoms with Crippen molar-refractivity contribution in [2.75, 3.05) is 45.5 Å². The number of anilines is 1. The Kier molecular flexibility index (Phi) is 6.92. The topological polar surface area (TPSA) is 60.0 Å². The summed E-state index contributed by atoms with van der Waals surface area (Å²) in [7, 11) is 4.66. The van der Waals surface area contributed by atoms with Gasteiger partial charge in [-0.05, 0) is 12.0 Å². The summed E-state index contributed by atoms with van der Waals surface area (Å²) in [5, 5.41) is 3.37. The van der Waals surface area contributed by atoms with Crippen LogP contribution in [0.4, 0.5) is 10.5 Å². The summed E-state index contributed by atoms with van der Waals surface area (Å²) in [5.74, 6) is 2.42. The van der Waals surface area contributed by atoms with E-state index in [2.05, 4.69) is 29.6 Å². The summed E-state index contributed by atoms with van der Waals surface area (Å²) in [5.41, 5.74) is 1.93. The second-order valence-corrected chi connectivity index (χ2v) is 7.70.